The van der Waals surface area contributed by atoms with Crippen LogP contribution >= 0.6 is 22.7 Å². The SMILES string of the molecule is COC(=O)CCN(C)C(=O)Cc1csc(-c2ccsc2)n1. The molecular formula is C14H16N2O3S2. The Morgan fingerprint density at radius 1 is 1.38 bits per heavy atom. The fourth-order valence-electron chi connectivity index (χ4n) is 1.68. The maximum atomic E-state index is 12.0. The molecule has 2 aromatic heterocycles. The predicted octanol–water partition coefficient (Wildman–Crippen LogP) is 2.44. The minimum atomic E-state index is -0.317. The third-order valence-electron chi connectivity index (χ3n) is 2.96. The summed E-state index contributed by atoms with van der Waals surface area (Å²) in [5.74, 6) is -0.371. The second kappa shape index (κ2) is 7.33. The van der Waals surface area contributed by atoms with Crippen molar-refractivity contribution in [2.75, 3.05) is 20.7 Å². The second-order valence-corrected chi connectivity index (χ2v) is 6.11. The van der Waals surface area contributed by atoms with Crippen LogP contribution in [0.3, 0.4) is 0 Å². The van der Waals surface area contributed by atoms with Crippen LogP contribution in [0, 0.1) is 0 Å². The lowest BCUT2D eigenvalue weighted by Gasteiger charge is -2.15. The summed E-state index contributed by atoms with van der Waals surface area (Å²) < 4.78 is 4.56. The molecule has 2 rings (SSSR count). The van der Waals surface area contributed by atoms with Crippen molar-refractivity contribution in [2.45, 2.75) is 12.8 Å². The molecule has 2 aromatic rings. The van der Waals surface area contributed by atoms with Crippen molar-refractivity contribution in [2.24, 2.45) is 0 Å². The van der Waals surface area contributed by atoms with Crippen molar-refractivity contribution < 1.29 is 14.3 Å². The first kappa shape index (κ1) is 15.7. The highest BCUT2D eigenvalue weighted by Gasteiger charge is 2.14. The number of rotatable bonds is 6. The number of likely N-dealkylation sites (N-methyl/N-ethyl adjacent to an activating group) is 1. The molecule has 1 amide bonds. The predicted molar refractivity (Wildman–Crippen MR) is 83.4 cm³/mol. The van der Waals surface area contributed by atoms with E-state index in [1.165, 1.54) is 23.3 Å². The fraction of sp³-hybridized carbons (Fsp3) is 0.357. The van der Waals surface area contributed by atoms with E-state index in [4.69, 9.17) is 0 Å². The van der Waals surface area contributed by atoms with Crippen LogP contribution in [-0.4, -0.2) is 42.5 Å². The van der Waals surface area contributed by atoms with Crippen molar-refractivity contribution >= 4 is 34.6 Å². The summed E-state index contributed by atoms with van der Waals surface area (Å²) in [5.41, 5.74) is 1.85. The quantitative estimate of drug-likeness (QED) is 0.766. The van der Waals surface area contributed by atoms with Gasteiger partial charge in [0.15, 0.2) is 0 Å². The summed E-state index contributed by atoms with van der Waals surface area (Å²) in [6, 6.07) is 2.01. The van der Waals surface area contributed by atoms with Gasteiger partial charge < -0.3 is 9.64 Å². The number of methoxy groups -OCH3 is 1. The smallest absolute Gasteiger partial charge is 0.307 e. The average Bonchev–Trinajstić information content (AvgIpc) is 3.14. The highest BCUT2D eigenvalue weighted by Crippen LogP contribution is 2.25. The lowest BCUT2D eigenvalue weighted by Crippen LogP contribution is -2.30. The van der Waals surface area contributed by atoms with E-state index in [9.17, 15) is 9.59 Å². The van der Waals surface area contributed by atoms with E-state index in [1.807, 2.05) is 22.2 Å². The maximum absolute atomic E-state index is 12.0. The molecule has 0 aliphatic heterocycles. The number of nitrogens with zero attached hydrogens (tertiary/aromatic N) is 2. The molecule has 0 aliphatic rings. The minimum absolute atomic E-state index is 0.0546. The zero-order chi connectivity index (χ0) is 15.2. The van der Waals surface area contributed by atoms with Crippen LogP contribution in [-0.2, 0) is 20.7 Å². The molecule has 21 heavy (non-hydrogen) atoms. The number of esters is 1. The Kier molecular flexibility index (Phi) is 5.46. The van der Waals surface area contributed by atoms with Gasteiger partial charge in [0.05, 0.1) is 25.6 Å². The van der Waals surface area contributed by atoms with Crippen LogP contribution in [0.4, 0.5) is 0 Å². The Labute approximate surface area is 131 Å². The normalized spacial score (nSPS) is 10.4. The molecular weight excluding hydrogens is 308 g/mol. The molecule has 0 aromatic carbocycles. The van der Waals surface area contributed by atoms with Gasteiger partial charge in [-0.1, -0.05) is 0 Å². The standard InChI is InChI=1S/C14H16N2O3S2/c1-16(5-3-13(18)19-2)12(17)7-11-9-21-14(15-11)10-4-6-20-8-10/h4,6,8-9H,3,5,7H2,1-2H3. The Hall–Kier alpha value is -1.73. The van der Waals surface area contributed by atoms with Gasteiger partial charge in [-0.2, -0.15) is 11.3 Å². The lowest BCUT2D eigenvalue weighted by atomic mass is 10.3. The first-order valence-electron chi connectivity index (χ1n) is 6.38. The molecule has 0 aliphatic carbocycles. The molecule has 0 bridgehead atoms. The number of thiophene rings is 1. The Morgan fingerprint density at radius 3 is 2.86 bits per heavy atom. The highest BCUT2D eigenvalue weighted by atomic mass is 32.1. The van der Waals surface area contributed by atoms with E-state index in [2.05, 4.69) is 9.72 Å². The molecule has 0 atom stereocenters. The molecule has 0 spiro atoms. The van der Waals surface area contributed by atoms with Gasteiger partial charge in [-0.05, 0) is 11.4 Å². The number of aromatic nitrogens is 1. The Balaban J connectivity index is 1.89. The van der Waals surface area contributed by atoms with Crippen LogP contribution in [0.5, 0.6) is 0 Å². The number of carbonyl (C=O) groups is 2. The van der Waals surface area contributed by atoms with Crippen LogP contribution in [0.1, 0.15) is 12.1 Å². The first-order valence-corrected chi connectivity index (χ1v) is 8.20. The van der Waals surface area contributed by atoms with Crippen LogP contribution in [0.15, 0.2) is 22.2 Å². The van der Waals surface area contributed by atoms with Gasteiger partial charge in [-0.15, -0.1) is 11.3 Å². The van der Waals surface area contributed by atoms with E-state index in [0.29, 0.717) is 6.54 Å². The number of ether oxygens (including phenoxy) is 1. The Bertz CT molecular complexity index is 608. The topological polar surface area (TPSA) is 59.5 Å². The van der Waals surface area contributed by atoms with Gasteiger partial charge >= 0.3 is 5.97 Å². The van der Waals surface area contributed by atoms with E-state index in [0.717, 1.165) is 16.3 Å². The lowest BCUT2D eigenvalue weighted by molar-refractivity contribution is -0.141. The summed E-state index contributed by atoms with van der Waals surface area (Å²) in [7, 11) is 3.02. The van der Waals surface area contributed by atoms with Gasteiger partial charge in [-0.25, -0.2) is 4.98 Å². The van der Waals surface area contributed by atoms with Gasteiger partial charge in [-0.3, -0.25) is 9.59 Å². The van der Waals surface area contributed by atoms with Crippen LogP contribution in [0.2, 0.25) is 0 Å². The molecule has 0 N–H and O–H groups in total. The van der Waals surface area contributed by atoms with Crippen molar-refractivity contribution in [1.29, 1.82) is 0 Å². The van der Waals surface area contributed by atoms with Crippen LogP contribution < -0.4 is 0 Å². The van der Waals surface area contributed by atoms with E-state index in [1.54, 1.807) is 18.4 Å². The summed E-state index contributed by atoms with van der Waals surface area (Å²) in [5, 5.41) is 6.87. The van der Waals surface area contributed by atoms with Gasteiger partial charge in [0.1, 0.15) is 5.01 Å². The third kappa shape index (κ3) is 4.37. The molecule has 5 nitrogen and oxygen atoms in total. The molecule has 0 saturated heterocycles. The van der Waals surface area contributed by atoms with Gasteiger partial charge in [0, 0.05) is 29.9 Å². The summed E-state index contributed by atoms with van der Waals surface area (Å²) >= 11 is 3.16. The molecule has 0 saturated carbocycles. The summed E-state index contributed by atoms with van der Waals surface area (Å²) in [6.45, 7) is 0.354. The zero-order valence-corrected chi connectivity index (χ0v) is 13.5. The number of thiazole rings is 1. The van der Waals surface area contributed by atoms with Gasteiger partial charge in [0.2, 0.25) is 5.91 Å². The van der Waals surface area contributed by atoms with Crippen molar-refractivity contribution in [3.05, 3.63) is 27.9 Å². The summed E-state index contributed by atoms with van der Waals surface area (Å²) in [4.78, 5) is 29.1. The van der Waals surface area contributed by atoms with E-state index >= 15 is 0 Å². The fourth-order valence-corrected chi connectivity index (χ4v) is 3.21. The average molecular weight is 324 g/mol. The first-order chi connectivity index (χ1) is 10.1. The minimum Gasteiger partial charge on any atom is -0.469 e. The monoisotopic (exact) mass is 324 g/mol. The number of carbonyl (C=O) groups excluding carboxylic acids is 2. The molecule has 0 radical (unpaired) electrons. The van der Waals surface area contributed by atoms with E-state index < -0.39 is 0 Å². The second-order valence-electron chi connectivity index (χ2n) is 4.47. The van der Waals surface area contributed by atoms with Gasteiger partial charge in [0.25, 0.3) is 0 Å². The largest absolute Gasteiger partial charge is 0.469 e. The molecule has 2 heterocycles. The van der Waals surface area contributed by atoms with Crippen molar-refractivity contribution in [3.8, 4) is 10.6 Å². The number of amides is 1. The van der Waals surface area contributed by atoms with E-state index in [-0.39, 0.29) is 24.7 Å². The molecule has 0 fully saturated rings. The zero-order valence-electron chi connectivity index (χ0n) is 11.9. The number of hydrogen-bond acceptors (Lipinski definition) is 6. The van der Waals surface area contributed by atoms with Crippen molar-refractivity contribution in [1.82, 2.24) is 9.88 Å². The highest BCUT2D eigenvalue weighted by molar-refractivity contribution is 7.14. The molecule has 7 heteroatoms. The third-order valence-corrected chi connectivity index (χ3v) is 4.58. The molecule has 0 unspecified atom stereocenters. The maximum Gasteiger partial charge on any atom is 0.307 e. The molecule has 112 valence electrons. The number of hydrogen-bond donors (Lipinski definition) is 0. The summed E-state index contributed by atoms with van der Waals surface area (Å²) in [6.07, 6.45) is 0.453. The van der Waals surface area contributed by atoms with Crippen LogP contribution in [0.25, 0.3) is 10.6 Å². The Morgan fingerprint density at radius 2 is 2.19 bits per heavy atom. The van der Waals surface area contributed by atoms with Crippen molar-refractivity contribution in [3.63, 3.8) is 0 Å².